The first kappa shape index (κ1) is 10.6. The van der Waals surface area contributed by atoms with E-state index < -0.39 is 7.75 Å². The quantitative estimate of drug-likeness (QED) is 0.467. The van der Waals surface area contributed by atoms with E-state index in [-0.39, 0.29) is 12.4 Å². The Morgan fingerprint density at radius 2 is 1.55 bits per heavy atom. The lowest BCUT2D eigenvalue weighted by molar-refractivity contribution is -0.539. The molecular formula is C5H7ClNO3P. The molecule has 1 aromatic heterocycles. The van der Waals surface area contributed by atoms with E-state index >= 15 is 0 Å². The number of hydrogen-bond acceptors (Lipinski definition) is 1. The number of aromatic nitrogens is 1. The highest BCUT2D eigenvalue weighted by molar-refractivity contribution is 7.44. The number of halogens is 1. The minimum absolute atomic E-state index is 0. The van der Waals surface area contributed by atoms with E-state index in [1.807, 2.05) is 0 Å². The molecule has 0 saturated carbocycles. The molecule has 0 aromatic carbocycles. The zero-order valence-electron chi connectivity index (χ0n) is 5.46. The first-order valence-electron chi connectivity index (χ1n) is 2.63. The van der Waals surface area contributed by atoms with E-state index in [4.69, 9.17) is 9.79 Å². The van der Waals surface area contributed by atoms with Crippen LogP contribution in [0.1, 0.15) is 0 Å². The van der Waals surface area contributed by atoms with Crippen LogP contribution in [0.15, 0.2) is 30.6 Å². The van der Waals surface area contributed by atoms with Crippen LogP contribution in [0.3, 0.4) is 0 Å². The summed E-state index contributed by atoms with van der Waals surface area (Å²) in [6, 6.07) is 4.80. The molecule has 0 atom stereocenters. The zero-order valence-corrected chi connectivity index (χ0v) is 7.11. The lowest BCUT2D eigenvalue weighted by atomic mass is 10.5. The third-order valence-electron chi connectivity index (χ3n) is 1.00. The fraction of sp³-hybridized carbons (Fsp3) is 0. The molecule has 0 spiro atoms. The van der Waals surface area contributed by atoms with Gasteiger partial charge in [0.2, 0.25) is 0 Å². The second kappa shape index (κ2) is 3.83. The summed E-state index contributed by atoms with van der Waals surface area (Å²) in [5, 5.41) is 0. The molecule has 11 heavy (non-hydrogen) atoms. The van der Waals surface area contributed by atoms with Crippen molar-refractivity contribution in [1.82, 2.24) is 0 Å². The maximum absolute atomic E-state index is 10.5. The molecule has 2 N–H and O–H groups in total. The molecule has 1 aromatic rings. The standard InChI is InChI=1S/C5H6NO3P.ClH/c7-10(8,9)6-4-2-1-3-5-6;/h1-5H,(H-,7,8,9);1H. The summed E-state index contributed by atoms with van der Waals surface area (Å²) in [6.45, 7) is 0. The van der Waals surface area contributed by atoms with E-state index in [1.165, 1.54) is 12.4 Å². The Hall–Kier alpha value is -0.410. The summed E-state index contributed by atoms with van der Waals surface area (Å²) in [5.41, 5.74) is 0. The van der Waals surface area contributed by atoms with Gasteiger partial charge in [0.1, 0.15) is 0 Å². The molecule has 0 unspecified atom stereocenters. The van der Waals surface area contributed by atoms with E-state index in [0.29, 0.717) is 0 Å². The van der Waals surface area contributed by atoms with Crippen LogP contribution in [-0.2, 0) is 4.57 Å². The van der Waals surface area contributed by atoms with Gasteiger partial charge in [-0.25, -0.2) is 0 Å². The smallest absolute Gasteiger partial charge is 0.607 e. The van der Waals surface area contributed by atoms with Gasteiger partial charge in [0.05, 0.1) is 0 Å². The fourth-order valence-corrected chi connectivity index (χ4v) is 1.06. The summed E-state index contributed by atoms with van der Waals surface area (Å²) in [7, 11) is -4.10. The van der Waals surface area contributed by atoms with Crippen molar-refractivity contribution in [2.75, 3.05) is 0 Å². The Morgan fingerprint density at radius 3 is 1.82 bits per heavy atom. The van der Waals surface area contributed by atoms with Gasteiger partial charge >= 0.3 is 7.75 Å². The van der Waals surface area contributed by atoms with Crippen LogP contribution in [-0.4, -0.2) is 9.79 Å². The van der Waals surface area contributed by atoms with Gasteiger partial charge in [-0.15, -0.1) is 4.34 Å². The Labute approximate surface area is 70.1 Å². The van der Waals surface area contributed by atoms with Crippen molar-refractivity contribution in [2.45, 2.75) is 0 Å². The van der Waals surface area contributed by atoms with Crippen molar-refractivity contribution in [3.8, 4) is 0 Å². The first-order chi connectivity index (χ1) is 4.61. The lowest BCUT2D eigenvalue weighted by Crippen LogP contribution is -3.00. The third kappa shape index (κ3) is 2.99. The monoisotopic (exact) mass is 195 g/mol. The van der Waals surface area contributed by atoms with Crippen molar-refractivity contribution in [1.29, 1.82) is 0 Å². The van der Waals surface area contributed by atoms with Crippen molar-refractivity contribution >= 4 is 7.75 Å². The number of pyridine rings is 1. The van der Waals surface area contributed by atoms with Crippen LogP contribution in [0.5, 0.6) is 0 Å². The van der Waals surface area contributed by atoms with Crippen LogP contribution < -0.4 is 16.7 Å². The minimum Gasteiger partial charge on any atom is -1.00 e. The molecule has 0 aliphatic rings. The van der Waals surface area contributed by atoms with Gasteiger partial charge in [0.15, 0.2) is 12.4 Å². The summed E-state index contributed by atoms with van der Waals surface area (Å²) < 4.78 is 11.3. The molecule has 1 heterocycles. The van der Waals surface area contributed by atoms with Crippen LogP contribution in [0.4, 0.5) is 0 Å². The van der Waals surface area contributed by atoms with Gasteiger partial charge in [0.25, 0.3) is 0 Å². The molecule has 6 heteroatoms. The lowest BCUT2D eigenvalue weighted by Gasteiger charge is -1.93. The van der Waals surface area contributed by atoms with Crippen LogP contribution in [0.25, 0.3) is 0 Å². The van der Waals surface area contributed by atoms with E-state index in [0.717, 1.165) is 4.34 Å². The maximum atomic E-state index is 10.5. The third-order valence-corrected chi connectivity index (χ3v) is 1.87. The average molecular weight is 196 g/mol. The van der Waals surface area contributed by atoms with Gasteiger partial charge in [-0.3, -0.25) is 9.79 Å². The van der Waals surface area contributed by atoms with Crippen molar-refractivity contribution in [3.05, 3.63) is 30.6 Å². The highest BCUT2D eigenvalue weighted by atomic mass is 35.5. The van der Waals surface area contributed by atoms with Crippen molar-refractivity contribution < 1.29 is 31.1 Å². The molecule has 0 fully saturated rings. The Kier molecular flexibility index (Phi) is 3.69. The van der Waals surface area contributed by atoms with Gasteiger partial charge < -0.3 is 12.4 Å². The van der Waals surface area contributed by atoms with E-state index in [9.17, 15) is 4.57 Å². The zero-order chi connectivity index (χ0) is 7.61. The summed E-state index contributed by atoms with van der Waals surface area (Å²) >= 11 is 0. The summed E-state index contributed by atoms with van der Waals surface area (Å²) in [5.74, 6) is 0. The van der Waals surface area contributed by atoms with E-state index in [1.54, 1.807) is 18.2 Å². The number of rotatable bonds is 1. The number of nitrogens with zero attached hydrogens (tertiary/aromatic N) is 1. The molecule has 0 amide bonds. The molecule has 62 valence electrons. The molecular weight excluding hydrogens is 188 g/mol. The SMILES string of the molecule is O=P(O)(O)[n+]1ccccc1.[Cl-]. The molecule has 1 rings (SSSR count). The minimum atomic E-state index is -4.10. The summed E-state index contributed by atoms with van der Waals surface area (Å²) in [6.07, 6.45) is 2.64. The van der Waals surface area contributed by atoms with Crippen LogP contribution in [0.2, 0.25) is 0 Å². The van der Waals surface area contributed by atoms with Gasteiger partial charge in [-0.05, 0) is 0 Å². The average Bonchev–Trinajstić information content (AvgIpc) is 1.88. The predicted octanol–water partition coefficient (Wildman–Crippen LogP) is -3.08. The first-order valence-corrected chi connectivity index (χ1v) is 4.20. The highest BCUT2D eigenvalue weighted by Gasteiger charge is 2.25. The van der Waals surface area contributed by atoms with E-state index in [2.05, 4.69) is 0 Å². The van der Waals surface area contributed by atoms with Crippen molar-refractivity contribution in [2.24, 2.45) is 0 Å². The van der Waals surface area contributed by atoms with Gasteiger partial charge in [-0.2, -0.15) is 4.57 Å². The van der Waals surface area contributed by atoms with Gasteiger partial charge in [0, 0.05) is 12.1 Å². The number of hydrogen-bond donors (Lipinski definition) is 2. The molecule has 0 aliphatic carbocycles. The fourth-order valence-electron chi connectivity index (χ4n) is 0.563. The maximum Gasteiger partial charge on any atom is 0.607 e. The van der Waals surface area contributed by atoms with Crippen LogP contribution in [0, 0.1) is 0 Å². The molecule has 0 saturated heterocycles. The Bertz CT molecular complexity index is 260. The second-order valence-electron chi connectivity index (χ2n) is 1.77. The van der Waals surface area contributed by atoms with Gasteiger partial charge in [-0.1, -0.05) is 6.07 Å². The predicted molar refractivity (Wildman–Crippen MR) is 34.1 cm³/mol. The van der Waals surface area contributed by atoms with Crippen LogP contribution >= 0.6 is 7.75 Å². The molecule has 0 aliphatic heterocycles. The second-order valence-corrected chi connectivity index (χ2v) is 3.26. The Morgan fingerprint density at radius 1 is 1.09 bits per heavy atom. The highest BCUT2D eigenvalue weighted by Crippen LogP contribution is 2.25. The molecule has 0 radical (unpaired) electrons. The van der Waals surface area contributed by atoms with Crippen molar-refractivity contribution in [3.63, 3.8) is 0 Å². The molecule has 0 bridgehead atoms. The normalized spacial score (nSPS) is 10.4. The Balaban J connectivity index is 0.000001000. The topological polar surface area (TPSA) is 61.4 Å². The molecule has 4 nitrogen and oxygen atoms in total. The summed E-state index contributed by atoms with van der Waals surface area (Å²) in [4.78, 5) is 17.1. The largest absolute Gasteiger partial charge is 1.00 e.